The van der Waals surface area contributed by atoms with Gasteiger partial charge in [0.1, 0.15) is 5.76 Å². The van der Waals surface area contributed by atoms with Crippen LogP contribution in [0.25, 0.3) is 0 Å². The van der Waals surface area contributed by atoms with Gasteiger partial charge in [0.05, 0.1) is 5.25 Å². The summed E-state index contributed by atoms with van der Waals surface area (Å²) in [7, 11) is 0. The maximum atomic E-state index is 12.2. The minimum absolute atomic E-state index is 0.164. The average molecular weight is 396 g/mol. The molecule has 7 nitrogen and oxygen atoms in total. The molecule has 1 aromatic heterocycles. The Morgan fingerprint density at radius 3 is 2.21 bits per heavy atom. The number of hydrogen-bond donors (Lipinski definition) is 3. The van der Waals surface area contributed by atoms with Crippen LogP contribution in [0.2, 0.25) is 0 Å². The van der Waals surface area contributed by atoms with E-state index in [0.717, 1.165) is 4.90 Å². The van der Waals surface area contributed by atoms with E-state index in [4.69, 9.17) is 4.52 Å². The molecule has 2 aromatic carbocycles. The first kappa shape index (κ1) is 19.5. The Morgan fingerprint density at radius 2 is 1.61 bits per heavy atom. The summed E-state index contributed by atoms with van der Waals surface area (Å²) in [5.41, 5.74) is 1.38. The zero-order valence-corrected chi connectivity index (χ0v) is 16.2. The molecule has 0 radical (unpaired) electrons. The third-order valence-electron chi connectivity index (χ3n) is 3.71. The zero-order chi connectivity index (χ0) is 19.9. The number of urea groups is 1. The molecule has 3 amide bonds. The summed E-state index contributed by atoms with van der Waals surface area (Å²) in [6, 6.07) is 17.8. The van der Waals surface area contributed by atoms with Crippen LogP contribution in [0, 0.1) is 6.92 Å². The van der Waals surface area contributed by atoms with Gasteiger partial charge >= 0.3 is 6.03 Å². The molecule has 3 aromatic rings. The Labute approximate surface area is 166 Å². The second-order valence-electron chi connectivity index (χ2n) is 6.04. The van der Waals surface area contributed by atoms with E-state index < -0.39 is 0 Å². The van der Waals surface area contributed by atoms with Gasteiger partial charge in [-0.3, -0.25) is 4.79 Å². The summed E-state index contributed by atoms with van der Waals surface area (Å²) in [6.45, 7) is 3.57. The van der Waals surface area contributed by atoms with E-state index in [-0.39, 0.29) is 17.2 Å². The van der Waals surface area contributed by atoms with Gasteiger partial charge in [-0.25, -0.2) is 4.79 Å². The van der Waals surface area contributed by atoms with Gasteiger partial charge in [0, 0.05) is 22.3 Å². The highest BCUT2D eigenvalue weighted by Crippen LogP contribution is 2.25. The highest BCUT2D eigenvalue weighted by Gasteiger charge is 2.16. The van der Waals surface area contributed by atoms with Gasteiger partial charge in [-0.1, -0.05) is 23.4 Å². The second kappa shape index (κ2) is 9.09. The smallest absolute Gasteiger partial charge is 0.323 e. The van der Waals surface area contributed by atoms with Crippen LogP contribution in [-0.2, 0) is 4.79 Å². The van der Waals surface area contributed by atoms with Crippen LogP contribution < -0.4 is 16.0 Å². The van der Waals surface area contributed by atoms with Crippen molar-refractivity contribution in [2.24, 2.45) is 0 Å². The molecule has 0 spiro atoms. The lowest BCUT2D eigenvalue weighted by atomic mass is 10.3. The Bertz CT molecular complexity index is 942. The molecule has 28 heavy (non-hydrogen) atoms. The normalized spacial score (nSPS) is 11.5. The van der Waals surface area contributed by atoms with E-state index >= 15 is 0 Å². The molecule has 144 valence electrons. The summed E-state index contributed by atoms with van der Waals surface area (Å²) in [4.78, 5) is 25.2. The number of amides is 3. The van der Waals surface area contributed by atoms with Crippen LogP contribution in [0.3, 0.4) is 0 Å². The first-order valence-corrected chi connectivity index (χ1v) is 9.51. The van der Waals surface area contributed by atoms with Crippen molar-refractivity contribution >= 4 is 40.9 Å². The van der Waals surface area contributed by atoms with Crippen molar-refractivity contribution in [3.8, 4) is 0 Å². The van der Waals surface area contributed by atoms with Gasteiger partial charge in [0.25, 0.3) is 0 Å². The van der Waals surface area contributed by atoms with Crippen LogP contribution in [-0.4, -0.2) is 22.3 Å². The van der Waals surface area contributed by atoms with E-state index in [0.29, 0.717) is 23.0 Å². The fourth-order valence-corrected chi connectivity index (χ4v) is 3.21. The van der Waals surface area contributed by atoms with E-state index in [1.165, 1.54) is 11.8 Å². The van der Waals surface area contributed by atoms with Crippen LogP contribution in [0.5, 0.6) is 0 Å². The lowest BCUT2D eigenvalue weighted by Crippen LogP contribution is -2.22. The second-order valence-corrected chi connectivity index (χ2v) is 7.46. The number of aromatic nitrogens is 1. The summed E-state index contributed by atoms with van der Waals surface area (Å²) in [5, 5.41) is 11.7. The summed E-state index contributed by atoms with van der Waals surface area (Å²) >= 11 is 1.41. The molecular weight excluding hydrogens is 376 g/mol. The van der Waals surface area contributed by atoms with Crippen LogP contribution >= 0.6 is 11.8 Å². The number of hydrogen-bond acceptors (Lipinski definition) is 5. The van der Waals surface area contributed by atoms with Gasteiger partial charge in [-0.2, -0.15) is 0 Å². The number of para-hydroxylation sites is 1. The monoisotopic (exact) mass is 396 g/mol. The van der Waals surface area contributed by atoms with Crippen molar-refractivity contribution in [1.29, 1.82) is 0 Å². The van der Waals surface area contributed by atoms with Crippen molar-refractivity contribution in [1.82, 2.24) is 5.16 Å². The van der Waals surface area contributed by atoms with Gasteiger partial charge < -0.3 is 20.5 Å². The number of benzene rings is 2. The van der Waals surface area contributed by atoms with E-state index in [2.05, 4.69) is 21.1 Å². The fraction of sp³-hybridized carbons (Fsp3) is 0.150. The molecule has 0 aliphatic heterocycles. The molecule has 8 heteroatoms. The summed E-state index contributed by atoms with van der Waals surface area (Å²) < 4.78 is 4.93. The Kier molecular flexibility index (Phi) is 6.33. The van der Waals surface area contributed by atoms with Crippen molar-refractivity contribution in [2.75, 3.05) is 16.0 Å². The summed E-state index contributed by atoms with van der Waals surface area (Å²) in [5.74, 6) is 0.872. The Hall–Kier alpha value is -3.26. The number of carbonyl (C=O) groups is 2. The molecule has 0 fully saturated rings. The number of rotatable bonds is 6. The molecule has 3 N–H and O–H groups in total. The van der Waals surface area contributed by atoms with Crippen LogP contribution in [0.15, 0.2) is 70.1 Å². The highest BCUT2D eigenvalue weighted by molar-refractivity contribution is 8.00. The number of nitrogens with zero attached hydrogens (tertiary/aromatic N) is 1. The molecule has 0 aliphatic carbocycles. The maximum Gasteiger partial charge on any atom is 0.323 e. The van der Waals surface area contributed by atoms with Crippen molar-refractivity contribution in [3.63, 3.8) is 0 Å². The fourth-order valence-electron chi connectivity index (χ4n) is 2.34. The zero-order valence-electron chi connectivity index (χ0n) is 15.4. The third-order valence-corrected chi connectivity index (χ3v) is 4.82. The predicted octanol–water partition coefficient (Wildman–Crippen LogP) is 4.75. The van der Waals surface area contributed by atoms with Gasteiger partial charge in [-0.15, -0.1) is 11.8 Å². The SMILES string of the molecule is Cc1cc(NC(=O)C(C)Sc2ccc(NC(=O)Nc3ccccc3)cc2)no1. The first-order valence-electron chi connectivity index (χ1n) is 8.63. The lowest BCUT2D eigenvalue weighted by molar-refractivity contribution is -0.115. The lowest BCUT2D eigenvalue weighted by Gasteiger charge is -2.11. The summed E-state index contributed by atoms with van der Waals surface area (Å²) in [6.07, 6.45) is 0. The average Bonchev–Trinajstić information content (AvgIpc) is 3.08. The maximum absolute atomic E-state index is 12.2. The van der Waals surface area contributed by atoms with Crippen LogP contribution in [0.1, 0.15) is 12.7 Å². The topological polar surface area (TPSA) is 96.3 Å². The molecule has 1 unspecified atom stereocenters. The molecule has 3 rings (SSSR count). The number of thioether (sulfide) groups is 1. The largest absolute Gasteiger partial charge is 0.360 e. The number of aryl methyl sites for hydroxylation is 1. The molecule has 1 heterocycles. The first-order chi connectivity index (χ1) is 13.5. The predicted molar refractivity (Wildman–Crippen MR) is 111 cm³/mol. The highest BCUT2D eigenvalue weighted by atomic mass is 32.2. The van der Waals surface area contributed by atoms with Gasteiger partial charge in [-0.05, 0) is 50.2 Å². The molecule has 0 bridgehead atoms. The van der Waals surface area contributed by atoms with Crippen LogP contribution in [0.4, 0.5) is 22.0 Å². The minimum Gasteiger partial charge on any atom is -0.360 e. The quantitative estimate of drug-likeness (QED) is 0.523. The van der Waals surface area contributed by atoms with Gasteiger partial charge in [0.15, 0.2) is 5.82 Å². The number of anilines is 3. The van der Waals surface area contributed by atoms with E-state index in [1.54, 1.807) is 25.1 Å². The van der Waals surface area contributed by atoms with E-state index in [9.17, 15) is 9.59 Å². The van der Waals surface area contributed by atoms with Crippen molar-refractivity contribution in [3.05, 3.63) is 66.4 Å². The molecular formula is C20H20N4O3S. The standard InChI is InChI=1S/C20H20N4O3S/c1-13-12-18(24-27-13)23-19(25)14(2)28-17-10-8-16(9-11-17)22-20(26)21-15-6-4-3-5-7-15/h3-12,14H,1-2H3,(H2,21,22,26)(H,23,24,25). The molecule has 0 saturated carbocycles. The number of nitrogens with one attached hydrogen (secondary N) is 3. The third kappa shape index (κ3) is 5.62. The Balaban J connectivity index is 1.50. The molecule has 0 aliphatic rings. The Morgan fingerprint density at radius 1 is 0.964 bits per heavy atom. The van der Waals surface area contributed by atoms with Crippen molar-refractivity contribution in [2.45, 2.75) is 24.0 Å². The van der Waals surface area contributed by atoms with Gasteiger partial charge in [0.2, 0.25) is 5.91 Å². The minimum atomic E-state index is -0.322. The van der Waals surface area contributed by atoms with Crippen molar-refractivity contribution < 1.29 is 14.1 Å². The molecule has 0 saturated heterocycles. The van der Waals surface area contributed by atoms with E-state index in [1.807, 2.05) is 49.4 Å². The number of carbonyl (C=O) groups excluding carboxylic acids is 2. The molecule has 1 atom stereocenters.